The molecule has 0 aromatic heterocycles. The van der Waals surface area contributed by atoms with Crippen LogP contribution in [0.2, 0.25) is 0 Å². The molecule has 0 fully saturated rings. The van der Waals surface area contributed by atoms with E-state index < -0.39 is 0 Å². The summed E-state index contributed by atoms with van der Waals surface area (Å²) in [4.78, 5) is 2.53. The number of rotatable bonds is 6. The first-order chi connectivity index (χ1) is 9.70. The van der Waals surface area contributed by atoms with Crippen LogP contribution in [-0.2, 0) is 11.3 Å². The maximum atomic E-state index is 5.20. The van der Waals surface area contributed by atoms with Crippen molar-refractivity contribution in [3.8, 4) is 0 Å². The molecule has 0 bridgehead atoms. The van der Waals surface area contributed by atoms with Crippen molar-refractivity contribution in [2.45, 2.75) is 39.3 Å². The Morgan fingerprint density at radius 3 is 2.90 bits per heavy atom. The predicted octanol–water partition coefficient (Wildman–Crippen LogP) is 3.05. The number of ether oxygens (including phenoxy) is 1. The van der Waals surface area contributed by atoms with Crippen LogP contribution >= 0.6 is 0 Å². The normalized spacial score (nSPS) is 19.0. The molecule has 3 nitrogen and oxygen atoms in total. The van der Waals surface area contributed by atoms with Crippen molar-refractivity contribution in [2.75, 3.05) is 31.7 Å². The Morgan fingerprint density at radius 1 is 1.35 bits per heavy atom. The van der Waals surface area contributed by atoms with Gasteiger partial charge in [-0.1, -0.05) is 32.0 Å². The largest absolute Gasteiger partial charge is 0.385 e. The van der Waals surface area contributed by atoms with Gasteiger partial charge >= 0.3 is 0 Å². The van der Waals surface area contributed by atoms with Crippen molar-refractivity contribution < 1.29 is 4.74 Å². The first-order valence-corrected chi connectivity index (χ1v) is 7.76. The van der Waals surface area contributed by atoms with E-state index in [0.717, 1.165) is 38.6 Å². The number of benzene rings is 1. The Balaban J connectivity index is 2.10. The third kappa shape index (κ3) is 4.22. The summed E-state index contributed by atoms with van der Waals surface area (Å²) in [5, 5.41) is 3.72. The van der Waals surface area contributed by atoms with Gasteiger partial charge in [-0.05, 0) is 30.4 Å². The molecule has 2 rings (SSSR count). The van der Waals surface area contributed by atoms with Gasteiger partial charge in [0.05, 0.1) is 0 Å². The van der Waals surface area contributed by atoms with Gasteiger partial charge in [0, 0.05) is 45.1 Å². The minimum Gasteiger partial charge on any atom is -0.385 e. The molecule has 112 valence electrons. The second-order valence-corrected chi connectivity index (χ2v) is 6.13. The molecule has 20 heavy (non-hydrogen) atoms. The first-order valence-electron chi connectivity index (χ1n) is 7.76. The minimum atomic E-state index is 0.574. The number of para-hydroxylation sites is 1. The Morgan fingerprint density at radius 2 is 2.15 bits per heavy atom. The maximum absolute atomic E-state index is 5.20. The molecule has 0 amide bonds. The summed E-state index contributed by atoms with van der Waals surface area (Å²) < 4.78 is 5.20. The Kier molecular flexibility index (Phi) is 5.86. The average Bonchev–Trinajstić information content (AvgIpc) is 2.59. The molecule has 0 saturated carbocycles. The maximum Gasteiger partial charge on any atom is 0.0479 e. The number of fused-ring (bicyclic) bond motifs is 1. The third-order valence-electron chi connectivity index (χ3n) is 3.89. The predicted molar refractivity (Wildman–Crippen MR) is 85.2 cm³/mol. The second-order valence-electron chi connectivity index (χ2n) is 6.13. The Labute approximate surface area is 123 Å². The highest BCUT2D eigenvalue weighted by Crippen LogP contribution is 2.24. The van der Waals surface area contributed by atoms with Crippen molar-refractivity contribution in [2.24, 2.45) is 5.92 Å². The van der Waals surface area contributed by atoms with Crippen LogP contribution in [0.4, 0.5) is 5.69 Å². The van der Waals surface area contributed by atoms with Gasteiger partial charge < -0.3 is 15.0 Å². The van der Waals surface area contributed by atoms with Gasteiger partial charge in [0.1, 0.15) is 0 Å². The lowest BCUT2D eigenvalue weighted by Gasteiger charge is -2.28. The number of hydrogen-bond donors (Lipinski definition) is 1. The summed E-state index contributed by atoms with van der Waals surface area (Å²) in [6.45, 7) is 8.58. The highest BCUT2D eigenvalue weighted by molar-refractivity contribution is 5.54. The fraction of sp³-hybridized carbons (Fsp3) is 0.647. The van der Waals surface area contributed by atoms with E-state index in [0.29, 0.717) is 6.04 Å². The van der Waals surface area contributed by atoms with Crippen molar-refractivity contribution >= 4 is 5.69 Å². The van der Waals surface area contributed by atoms with Gasteiger partial charge in [-0.25, -0.2) is 0 Å². The lowest BCUT2D eigenvalue weighted by Crippen LogP contribution is -2.39. The van der Waals surface area contributed by atoms with Gasteiger partial charge in [-0.2, -0.15) is 0 Å². The van der Waals surface area contributed by atoms with Crippen LogP contribution in [0, 0.1) is 5.92 Å². The molecule has 1 aromatic carbocycles. The van der Waals surface area contributed by atoms with Crippen LogP contribution in [0.5, 0.6) is 0 Å². The molecule has 0 aliphatic carbocycles. The van der Waals surface area contributed by atoms with Gasteiger partial charge in [0.15, 0.2) is 0 Å². The van der Waals surface area contributed by atoms with E-state index in [1.54, 1.807) is 7.11 Å². The lowest BCUT2D eigenvalue weighted by molar-refractivity contribution is 0.196. The summed E-state index contributed by atoms with van der Waals surface area (Å²) >= 11 is 0. The van der Waals surface area contributed by atoms with E-state index in [4.69, 9.17) is 4.74 Å². The van der Waals surface area contributed by atoms with Crippen LogP contribution in [-0.4, -0.2) is 32.8 Å². The van der Waals surface area contributed by atoms with Crippen molar-refractivity contribution in [3.63, 3.8) is 0 Å². The van der Waals surface area contributed by atoms with Gasteiger partial charge in [0.25, 0.3) is 0 Å². The standard InChI is InChI=1S/C17H28N2O/c1-14(2)11-16-13-19(9-6-10-20-3)17-8-5-4-7-15(17)12-18-16/h4-5,7-8,14,16,18H,6,9-13H2,1-3H3. The Bertz CT molecular complexity index is 406. The van der Waals surface area contributed by atoms with Crippen LogP contribution in [0.3, 0.4) is 0 Å². The van der Waals surface area contributed by atoms with Crippen LogP contribution in [0.1, 0.15) is 32.3 Å². The zero-order valence-corrected chi connectivity index (χ0v) is 13.1. The zero-order valence-electron chi connectivity index (χ0n) is 13.1. The highest BCUT2D eigenvalue weighted by Gasteiger charge is 2.21. The summed E-state index contributed by atoms with van der Waals surface area (Å²) in [6, 6.07) is 9.34. The van der Waals surface area contributed by atoms with Crippen molar-refractivity contribution in [3.05, 3.63) is 29.8 Å². The van der Waals surface area contributed by atoms with E-state index >= 15 is 0 Å². The van der Waals surface area contributed by atoms with E-state index in [-0.39, 0.29) is 0 Å². The number of anilines is 1. The second kappa shape index (κ2) is 7.65. The van der Waals surface area contributed by atoms with E-state index in [1.165, 1.54) is 17.7 Å². The summed E-state index contributed by atoms with van der Waals surface area (Å²) in [7, 11) is 1.78. The minimum absolute atomic E-state index is 0.574. The number of nitrogens with one attached hydrogen (secondary N) is 1. The quantitative estimate of drug-likeness (QED) is 0.808. The van der Waals surface area contributed by atoms with E-state index in [9.17, 15) is 0 Å². The molecule has 0 spiro atoms. The first kappa shape index (κ1) is 15.3. The summed E-state index contributed by atoms with van der Waals surface area (Å²) in [5.41, 5.74) is 2.80. The molecule has 1 N–H and O–H groups in total. The topological polar surface area (TPSA) is 24.5 Å². The average molecular weight is 276 g/mol. The highest BCUT2D eigenvalue weighted by atomic mass is 16.5. The molecule has 1 aliphatic rings. The van der Waals surface area contributed by atoms with Crippen LogP contribution < -0.4 is 10.2 Å². The Hall–Kier alpha value is -1.06. The van der Waals surface area contributed by atoms with E-state index in [1.807, 2.05) is 0 Å². The van der Waals surface area contributed by atoms with Gasteiger partial charge in [-0.15, -0.1) is 0 Å². The molecule has 3 heteroatoms. The smallest absolute Gasteiger partial charge is 0.0479 e. The molecule has 1 atom stereocenters. The SMILES string of the molecule is COCCCN1CC(CC(C)C)NCc2ccccc21. The van der Waals surface area contributed by atoms with Crippen LogP contribution in [0.15, 0.2) is 24.3 Å². The number of nitrogens with zero attached hydrogens (tertiary/aromatic N) is 1. The molecule has 1 aliphatic heterocycles. The lowest BCUT2D eigenvalue weighted by atomic mass is 10.0. The van der Waals surface area contributed by atoms with Gasteiger partial charge in [-0.3, -0.25) is 0 Å². The zero-order chi connectivity index (χ0) is 14.4. The summed E-state index contributed by atoms with van der Waals surface area (Å²) in [6.07, 6.45) is 2.31. The van der Waals surface area contributed by atoms with E-state index in [2.05, 4.69) is 48.3 Å². The molecule has 0 radical (unpaired) electrons. The molecule has 1 heterocycles. The molecule has 1 unspecified atom stereocenters. The van der Waals surface area contributed by atoms with Crippen LogP contribution in [0.25, 0.3) is 0 Å². The fourth-order valence-corrected chi connectivity index (χ4v) is 2.99. The number of methoxy groups -OCH3 is 1. The van der Waals surface area contributed by atoms with Gasteiger partial charge in [0.2, 0.25) is 0 Å². The molecule has 0 saturated heterocycles. The fourth-order valence-electron chi connectivity index (χ4n) is 2.99. The summed E-state index contributed by atoms with van der Waals surface area (Å²) in [5.74, 6) is 0.731. The van der Waals surface area contributed by atoms with Crippen molar-refractivity contribution in [1.29, 1.82) is 0 Å². The molecule has 1 aromatic rings. The monoisotopic (exact) mass is 276 g/mol. The molecular weight excluding hydrogens is 248 g/mol. The van der Waals surface area contributed by atoms with Crippen molar-refractivity contribution in [1.82, 2.24) is 5.32 Å². The third-order valence-corrected chi connectivity index (χ3v) is 3.89. The molecular formula is C17H28N2O. The number of hydrogen-bond acceptors (Lipinski definition) is 3.